The van der Waals surface area contributed by atoms with Gasteiger partial charge in [0.1, 0.15) is 16.5 Å². The summed E-state index contributed by atoms with van der Waals surface area (Å²) < 4.78 is 17.9. The van der Waals surface area contributed by atoms with Gasteiger partial charge < -0.3 is 4.55 Å². The molecule has 0 unspecified atom stereocenters. The lowest BCUT2D eigenvalue weighted by atomic mass is 10.1. The molecular formula is C14H19BrN4OS. The zero-order valence-electron chi connectivity index (χ0n) is 12.5. The monoisotopic (exact) mass is 370 g/mol. The van der Waals surface area contributed by atoms with Crippen molar-refractivity contribution in [2.24, 2.45) is 7.05 Å². The van der Waals surface area contributed by atoms with E-state index < -0.39 is 11.4 Å². The Morgan fingerprint density at radius 3 is 2.38 bits per heavy atom. The SMILES string of the molecule is Cn1cc([C@@H](N[S@+]([O-])C(C)(C)C)c2ccc(Br)cc2)nn1. The molecule has 1 aromatic heterocycles. The summed E-state index contributed by atoms with van der Waals surface area (Å²) >= 11 is 2.22. The molecule has 1 aromatic carbocycles. The molecule has 0 aliphatic carbocycles. The first-order chi connectivity index (χ1) is 9.77. The van der Waals surface area contributed by atoms with Crippen molar-refractivity contribution < 1.29 is 4.55 Å². The lowest BCUT2D eigenvalue weighted by Gasteiger charge is -2.27. The highest BCUT2D eigenvalue weighted by molar-refractivity contribution is 9.10. The molecule has 2 rings (SSSR count). The fourth-order valence-electron chi connectivity index (χ4n) is 1.74. The van der Waals surface area contributed by atoms with Crippen molar-refractivity contribution in [2.45, 2.75) is 31.6 Å². The average Bonchev–Trinajstić information content (AvgIpc) is 2.82. The summed E-state index contributed by atoms with van der Waals surface area (Å²) in [5.41, 5.74) is 1.74. The summed E-state index contributed by atoms with van der Waals surface area (Å²) in [7, 11) is 1.82. The maximum absolute atomic E-state index is 12.4. The Morgan fingerprint density at radius 1 is 1.29 bits per heavy atom. The summed E-state index contributed by atoms with van der Waals surface area (Å²) in [5.74, 6) is 0. The van der Waals surface area contributed by atoms with Crippen molar-refractivity contribution in [3.8, 4) is 0 Å². The first kappa shape index (κ1) is 16.5. The minimum atomic E-state index is -1.20. The van der Waals surface area contributed by atoms with Gasteiger partial charge in [0.25, 0.3) is 0 Å². The zero-order valence-corrected chi connectivity index (χ0v) is 14.9. The van der Waals surface area contributed by atoms with Crippen LogP contribution in [0.1, 0.15) is 38.1 Å². The lowest BCUT2D eigenvalue weighted by molar-refractivity contribution is 0.534. The summed E-state index contributed by atoms with van der Waals surface area (Å²) in [4.78, 5) is 0. The minimum absolute atomic E-state index is 0.258. The van der Waals surface area contributed by atoms with Gasteiger partial charge in [-0.3, -0.25) is 4.68 Å². The fraction of sp³-hybridized carbons (Fsp3) is 0.429. The number of nitrogens with one attached hydrogen (secondary N) is 1. The molecule has 0 radical (unpaired) electrons. The highest BCUT2D eigenvalue weighted by Crippen LogP contribution is 2.25. The number of aryl methyl sites for hydroxylation is 1. The van der Waals surface area contributed by atoms with Gasteiger partial charge in [0.2, 0.25) is 0 Å². The molecule has 114 valence electrons. The van der Waals surface area contributed by atoms with Crippen LogP contribution in [0.15, 0.2) is 34.9 Å². The standard InChI is InChI=1S/C14H19BrN4OS/c1-14(2,3)21(20)17-13(12-9-19(4)18-16-12)10-5-7-11(15)8-6-10/h5-9,13,17H,1-4H3/t13-,21+/m0/s1. The van der Waals surface area contributed by atoms with Gasteiger partial charge in [-0.1, -0.05) is 33.3 Å². The molecule has 0 spiro atoms. The van der Waals surface area contributed by atoms with Crippen molar-refractivity contribution in [3.63, 3.8) is 0 Å². The maximum atomic E-state index is 12.4. The predicted octanol–water partition coefficient (Wildman–Crippen LogP) is 2.72. The third kappa shape index (κ3) is 4.29. The van der Waals surface area contributed by atoms with Gasteiger partial charge in [-0.05, 0) is 38.5 Å². The Morgan fingerprint density at radius 2 is 1.90 bits per heavy atom. The largest absolute Gasteiger partial charge is 0.598 e. The molecule has 0 aliphatic heterocycles. The third-order valence-electron chi connectivity index (χ3n) is 2.90. The van der Waals surface area contributed by atoms with Crippen molar-refractivity contribution in [1.82, 2.24) is 19.7 Å². The van der Waals surface area contributed by atoms with Crippen LogP contribution in [0.4, 0.5) is 0 Å². The summed E-state index contributed by atoms with van der Waals surface area (Å²) in [5, 5.41) is 8.12. The second-order valence-corrected chi connectivity index (χ2v) is 8.71. The van der Waals surface area contributed by atoms with Gasteiger partial charge in [0, 0.05) is 22.9 Å². The molecule has 0 amide bonds. The summed E-state index contributed by atoms with van der Waals surface area (Å²) in [6, 6.07) is 7.62. The van der Waals surface area contributed by atoms with Crippen molar-refractivity contribution in [1.29, 1.82) is 0 Å². The van der Waals surface area contributed by atoms with E-state index in [9.17, 15) is 4.55 Å². The molecule has 1 N–H and O–H groups in total. The first-order valence-electron chi connectivity index (χ1n) is 6.57. The fourth-order valence-corrected chi connectivity index (χ4v) is 2.82. The smallest absolute Gasteiger partial charge is 0.136 e. The van der Waals surface area contributed by atoms with Gasteiger partial charge in [-0.15, -0.1) is 9.82 Å². The Hall–Kier alpha value is -0.890. The van der Waals surface area contributed by atoms with E-state index >= 15 is 0 Å². The molecule has 7 heteroatoms. The van der Waals surface area contributed by atoms with Crippen LogP contribution >= 0.6 is 15.9 Å². The van der Waals surface area contributed by atoms with E-state index in [-0.39, 0.29) is 10.8 Å². The number of halogens is 1. The molecule has 2 aromatic rings. The van der Waals surface area contributed by atoms with Crippen molar-refractivity contribution in [2.75, 3.05) is 0 Å². The molecule has 0 saturated heterocycles. The molecule has 0 saturated carbocycles. The molecule has 2 atom stereocenters. The number of aromatic nitrogens is 3. The average molecular weight is 371 g/mol. The number of nitrogens with zero attached hydrogens (tertiary/aromatic N) is 3. The molecule has 0 aliphatic rings. The van der Waals surface area contributed by atoms with Crippen LogP contribution < -0.4 is 4.72 Å². The van der Waals surface area contributed by atoms with E-state index in [1.54, 1.807) is 4.68 Å². The molecule has 5 nitrogen and oxygen atoms in total. The van der Waals surface area contributed by atoms with Crippen LogP contribution in [0.3, 0.4) is 0 Å². The Labute approximate surface area is 136 Å². The third-order valence-corrected chi connectivity index (χ3v) is 4.99. The second-order valence-electron chi connectivity index (χ2n) is 5.80. The predicted molar refractivity (Wildman–Crippen MR) is 88.0 cm³/mol. The Balaban J connectivity index is 2.33. The van der Waals surface area contributed by atoms with Crippen molar-refractivity contribution in [3.05, 3.63) is 46.2 Å². The lowest BCUT2D eigenvalue weighted by Crippen LogP contribution is -2.41. The zero-order chi connectivity index (χ0) is 15.6. The van der Waals surface area contributed by atoms with Crippen LogP contribution in [0.25, 0.3) is 0 Å². The molecule has 0 bridgehead atoms. The highest BCUT2D eigenvalue weighted by atomic mass is 79.9. The van der Waals surface area contributed by atoms with Crippen LogP contribution in [-0.4, -0.2) is 24.3 Å². The van der Waals surface area contributed by atoms with Gasteiger partial charge in [0.05, 0.1) is 6.20 Å². The number of rotatable bonds is 4. The first-order valence-corrected chi connectivity index (χ1v) is 8.51. The minimum Gasteiger partial charge on any atom is -0.598 e. The quantitative estimate of drug-likeness (QED) is 0.840. The number of benzene rings is 1. The van der Waals surface area contributed by atoms with E-state index in [2.05, 4.69) is 31.0 Å². The van der Waals surface area contributed by atoms with E-state index in [0.717, 1.165) is 15.7 Å². The van der Waals surface area contributed by atoms with E-state index in [0.29, 0.717) is 0 Å². The summed E-state index contributed by atoms with van der Waals surface area (Å²) in [6.45, 7) is 5.81. The molecule has 0 fully saturated rings. The van der Waals surface area contributed by atoms with E-state index in [4.69, 9.17) is 0 Å². The van der Waals surface area contributed by atoms with Crippen molar-refractivity contribution >= 4 is 27.3 Å². The second kappa shape index (κ2) is 6.48. The maximum Gasteiger partial charge on any atom is 0.136 e. The Bertz CT molecular complexity index is 594. The van der Waals surface area contributed by atoms with Crippen LogP contribution in [0.5, 0.6) is 0 Å². The topological polar surface area (TPSA) is 65.8 Å². The number of hydrogen-bond donors (Lipinski definition) is 1. The van der Waals surface area contributed by atoms with E-state index in [1.807, 2.05) is 58.3 Å². The van der Waals surface area contributed by atoms with Crippen LogP contribution in [0.2, 0.25) is 0 Å². The number of hydrogen-bond acceptors (Lipinski definition) is 4. The van der Waals surface area contributed by atoms with Gasteiger partial charge in [-0.25, -0.2) is 0 Å². The molecule has 1 heterocycles. The van der Waals surface area contributed by atoms with Gasteiger partial charge >= 0.3 is 0 Å². The van der Waals surface area contributed by atoms with Crippen LogP contribution in [0, 0.1) is 0 Å². The normalized spacial score (nSPS) is 15.0. The summed E-state index contributed by atoms with van der Waals surface area (Å²) in [6.07, 6.45) is 1.83. The van der Waals surface area contributed by atoms with Gasteiger partial charge in [-0.2, -0.15) is 0 Å². The molecule has 21 heavy (non-hydrogen) atoms. The highest BCUT2D eigenvalue weighted by Gasteiger charge is 2.31. The van der Waals surface area contributed by atoms with Gasteiger partial charge in [0.15, 0.2) is 0 Å². The van der Waals surface area contributed by atoms with E-state index in [1.165, 1.54) is 0 Å². The molecular weight excluding hydrogens is 352 g/mol. The van der Waals surface area contributed by atoms with Crippen LogP contribution in [-0.2, 0) is 18.4 Å². The Kier molecular flexibility index (Phi) is 5.08.